The molecular weight excluding hydrogens is 348 g/mol. The lowest BCUT2D eigenvalue weighted by Crippen LogP contribution is -2.34. The Morgan fingerprint density at radius 1 is 1.38 bits per heavy atom. The largest absolute Gasteiger partial charge is 0.350 e. The summed E-state index contributed by atoms with van der Waals surface area (Å²) in [5.41, 5.74) is 3.57. The Bertz CT molecular complexity index is 789. The molecule has 26 heavy (non-hydrogen) atoms. The molecule has 0 saturated carbocycles. The van der Waals surface area contributed by atoms with Gasteiger partial charge in [-0.2, -0.15) is 11.3 Å². The fourth-order valence-corrected chi connectivity index (χ4v) is 3.86. The standard InChI is InChI=1S/C19H24N4O2S/c1-13-10-14(4-5-16(13)23-8-7-20-19(23)25)18(24)21-11-17(22(2)3)15-6-9-26-12-15/h4-6,9-10,12,17H,7-8,11H2,1-3H3,(H,20,25)(H,21,24). The van der Waals surface area contributed by atoms with Gasteiger partial charge in [0.05, 0.1) is 6.04 Å². The second-order valence-electron chi connectivity index (χ2n) is 6.63. The molecule has 0 radical (unpaired) electrons. The van der Waals surface area contributed by atoms with Gasteiger partial charge in [0, 0.05) is 30.9 Å². The van der Waals surface area contributed by atoms with Gasteiger partial charge < -0.3 is 15.5 Å². The van der Waals surface area contributed by atoms with Crippen molar-refractivity contribution in [3.05, 3.63) is 51.7 Å². The molecule has 3 amide bonds. The van der Waals surface area contributed by atoms with Crippen molar-refractivity contribution in [2.24, 2.45) is 0 Å². The predicted octanol–water partition coefficient (Wildman–Crippen LogP) is 2.62. The number of anilines is 1. The summed E-state index contributed by atoms with van der Waals surface area (Å²) in [7, 11) is 4.02. The highest BCUT2D eigenvalue weighted by molar-refractivity contribution is 7.07. The van der Waals surface area contributed by atoms with Gasteiger partial charge in [0.2, 0.25) is 0 Å². The van der Waals surface area contributed by atoms with Crippen molar-refractivity contribution in [3.63, 3.8) is 0 Å². The van der Waals surface area contributed by atoms with Crippen LogP contribution in [0.5, 0.6) is 0 Å². The second-order valence-corrected chi connectivity index (χ2v) is 7.41. The van der Waals surface area contributed by atoms with Crippen LogP contribution in [-0.2, 0) is 0 Å². The van der Waals surface area contributed by atoms with Crippen molar-refractivity contribution in [1.82, 2.24) is 15.5 Å². The van der Waals surface area contributed by atoms with Crippen molar-refractivity contribution in [2.45, 2.75) is 13.0 Å². The van der Waals surface area contributed by atoms with Crippen molar-refractivity contribution >= 4 is 29.0 Å². The number of carbonyl (C=O) groups excluding carboxylic acids is 2. The van der Waals surface area contributed by atoms with E-state index in [4.69, 9.17) is 0 Å². The predicted molar refractivity (Wildman–Crippen MR) is 105 cm³/mol. The highest BCUT2D eigenvalue weighted by Crippen LogP contribution is 2.23. The van der Waals surface area contributed by atoms with Crippen molar-refractivity contribution in [2.75, 3.05) is 38.6 Å². The first-order valence-corrected chi connectivity index (χ1v) is 9.54. The van der Waals surface area contributed by atoms with E-state index in [1.165, 1.54) is 5.56 Å². The van der Waals surface area contributed by atoms with Crippen LogP contribution in [0, 0.1) is 6.92 Å². The van der Waals surface area contributed by atoms with Gasteiger partial charge in [0.1, 0.15) is 0 Å². The maximum atomic E-state index is 12.6. The summed E-state index contributed by atoms with van der Waals surface area (Å²) >= 11 is 1.66. The van der Waals surface area contributed by atoms with E-state index in [9.17, 15) is 9.59 Å². The Morgan fingerprint density at radius 3 is 2.77 bits per heavy atom. The summed E-state index contributed by atoms with van der Waals surface area (Å²) in [6.45, 7) is 3.76. The van der Waals surface area contributed by atoms with E-state index in [0.717, 1.165) is 11.3 Å². The van der Waals surface area contributed by atoms with E-state index in [-0.39, 0.29) is 18.0 Å². The minimum Gasteiger partial charge on any atom is -0.350 e. The summed E-state index contributed by atoms with van der Waals surface area (Å²) in [5.74, 6) is -0.104. The molecule has 1 atom stereocenters. The van der Waals surface area contributed by atoms with E-state index in [0.29, 0.717) is 25.2 Å². The first-order chi connectivity index (χ1) is 12.5. The molecule has 138 valence electrons. The number of likely N-dealkylation sites (N-methyl/N-ethyl adjacent to an activating group) is 1. The van der Waals surface area contributed by atoms with Crippen molar-refractivity contribution in [1.29, 1.82) is 0 Å². The molecule has 0 spiro atoms. The molecule has 1 aromatic heterocycles. The van der Waals surface area contributed by atoms with Gasteiger partial charge in [-0.25, -0.2) is 4.79 Å². The number of urea groups is 1. The summed E-state index contributed by atoms with van der Waals surface area (Å²) < 4.78 is 0. The summed E-state index contributed by atoms with van der Waals surface area (Å²) in [6.07, 6.45) is 0. The zero-order valence-electron chi connectivity index (χ0n) is 15.3. The Kier molecular flexibility index (Phi) is 5.58. The lowest BCUT2D eigenvalue weighted by atomic mass is 10.1. The highest BCUT2D eigenvalue weighted by atomic mass is 32.1. The van der Waals surface area contributed by atoms with Gasteiger partial charge in [0.25, 0.3) is 5.91 Å². The molecule has 1 saturated heterocycles. The van der Waals surface area contributed by atoms with Crippen LogP contribution >= 0.6 is 11.3 Å². The number of nitrogens with zero attached hydrogens (tertiary/aromatic N) is 2. The molecule has 0 bridgehead atoms. The third-order valence-electron chi connectivity index (χ3n) is 4.61. The molecular formula is C19H24N4O2S. The molecule has 6 nitrogen and oxygen atoms in total. The Labute approximate surface area is 157 Å². The van der Waals surface area contributed by atoms with Gasteiger partial charge in [-0.15, -0.1) is 0 Å². The Balaban J connectivity index is 1.68. The van der Waals surface area contributed by atoms with E-state index < -0.39 is 0 Å². The molecule has 2 heterocycles. The highest BCUT2D eigenvalue weighted by Gasteiger charge is 2.23. The normalized spacial score (nSPS) is 15.2. The minimum atomic E-state index is -0.104. The van der Waals surface area contributed by atoms with Crippen LogP contribution in [0.15, 0.2) is 35.0 Å². The molecule has 2 N–H and O–H groups in total. The fourth-order valence-electron chi connectivity index (χ4n) is 3.16. The third-order valence-corrected chi connectivity index (χ3v) is 5.32. The van der Waals surface area contributed by atoms with Crippen LogP contribution in [0.3, 0.4) is 0 Å². The smallest absolute Gasteiger partial charge is 0.322 e. The molecule has 1 aromatic carbocycles. The lowest BCUT2D eigenvalue weighted by Gasteiger charge is -2.24. The first-order valence-electron chi connectivity index (χ1n) is 8.60. The lowest BCUT2D eigenvalue weighted by molar-refractivity contribution is 0.0942. The minimum absolute atomic E-state index is 0.0881. The molecule has 7 heteroatoms. The number of thiophene rings is 1. The number of benzene rings is 1. The second kappa shape index (κ2) is 7.88. The number of nitrogens with one attached hydrogen (secondary N) is 2. The van der Waals surface area contributed by atoms with Crippen LogP contribution in [0.25, 0.3) is 0 Å². The topological polar surface area (TPSA) is 64.7 Å². The van der Waals surface area contributed by atoms with E-state index >= 15 is 0 Å². The van der Waals surface area contributed by atoms with Crippen LogP contribution in [0.1, 0.15) is 27.5 Å². The van der Waals surface area contributed by atoms with Gasteiger partial charge in [-0.1, -0.05) is 0 Å². The zero-order valence-corrected chi connectivity index (χ0v) is 16.1. The summed E-state index contributed by atoms with van der Waals surface area (Å²) in [4.78, 5) is 28.2. The number of aryl methyl sites for hydroxylation is 1. The zero-order chi connectivity index (χ0) is 18.7. The van der Waals surface area contributed by atoms with Gasteiger partial charge in [-0.3, -0.25) is 9.69 Å². The fraction of sp³-hybridized carbons (Fsp3) is 0.368. The third kappa shape index (κ3) is 3.89. The average Bonchev–Trinajstić information content (AvgIpc) is 3.26. The maximum absolute atomic E-state index is 12.6. The van der Waals surface area contributed by atoms with Crippen LogP contribution < -0.4 is 15.5 Å². The quantitative estimate of drug-likeness (QED) is 0.819. The van der Waals surface area contributed by atoms with Crippen molar-refractivity contribution in [3.8, 4) is 0 Å². The molecule has 1 unspecified atom stereocenters. The Hall–Kier alpha value is -2.38. The molecule has 3 rings (SSSR count). The maximum Gasteiger partial charge on any atom is 0.322 e. The van der Waals surface area contributed by atoms with E-state index in [1.807, 2.05) is 38.5 Å². The average molecular weight is 372 g/mol. The van der Waals surface area contributed by atoms with Crippen LogP contribution in [0.4, 0.5) is 10.5 Å². The molecule has 0 aliphatic carbocycles. The summed E-state index contributed by atoms with van der Waals surface area (Å²) in [6, 6.07) is 7.59. The SMILES string of the molecule is Cc1cc(C(=O)NCC(c2ccsc2)N(C)C)ccc1N1CCNC1=O. The molecule has 2 aromatic rings. The number of rotatable bonds is 6. The molecule has 1 aliphatic rings. The van der Waals surface area contributed by atoms with Gasteiger partial charge >= 0.3 is 6.03 Å². The van der Waals surface area contributed by atoms with E-state index in [1.54, 1.807) is 22.3 Å². The summed E-state index contributed by atoms with van der Waals surface area (Å²) in [5, 5.41) is 9.97. The number of hydrogen-bond donors (Lipinski definition) is 2. The monoisotopic (exact) mass is 372 g/mol. The van der Waals surface area contributed by atoms with Gasteiger partial charge in [-0.05, 0) is 67.2 Å². The van der Waals surface area contributed by atoms with Crippen LogP contribution in [0.2, 0.25) is 0 Å². The molecule has 1 fully saturated rings. The van der Waals surface area contributed by atoms with Gasteiger partial charge in [0.15, 0.2) is 0 Å². The number of hydrogen-bond acceptors (Lipinski definition) is 4. The Morgan fingerprint density at radius 2 is 2.19 bits per heavy atom. The van der Waals surface area contributed by atoms with Crippen molar-refractivity contribution < 1.29 is 9.59 Å². The van der Waals surface area contributed by atoms with Crippen LogP contribution in [-0.4, -0.2) is 50.6 Å². The number of amides is 3. The first kappa shape index (κ1) is 18.4. The van der Waals surface area contributed by atoms with E-state index in [2.05, 4.69) is 27.0 Å². The number of carbonyl (C=O) groups is 2. The molecule has 1 aliphatic heterocycles.